The zero-order valence-corrected chi connectivity index (χ0v) is 14.8. The third kappa shape index (κ3) is 2.79. The first-order valence-electron chi connectivity index (χ1n) is 8.13. The highest BCUT2D eigenvalue weighted by atomic mass is 16.6. The Kier molecular flexibility index (Phi) is 3.89. The number of likely N-dealkylation sites (N-methyl/N-ethyl adjacent to an activating group) is 1. The van der Waals surface area contributed by atoms with E-state index in [1.54, 1.807) is 26.2 Å². The smallest absolute Gasteiger partial charge is 0.316 e. The zero-order valence-electron chi connectivity index (χ0n) is 14.8. The number of allylic oxidation sites excluding steroid dienone is 1. The maximum absolute atomic E-state index is 12.9. The number of rotatable bonds is 2. The standard InChI is InChI=1S/C18H21N3O4/c1-18(2)9-13-15(14(22)10-18)16(20(4)17(23)19(13)3)11-6-5-7-12(8-11)21(24)25/h5-8,16H,9-10H2,1-4H3/t16-/m0/s1. The molecular weight excluding hydrogens is 322 g/mol. The van der Waals surface area contributed by atoms with Crippen molar-refractivity contribution in [1.82, 2.24) is 9.80 Å². The number of non-ortho nitro benzene ring substituents is 1. The molecule has 132 valence electrons. The normalized spacial score (nSPS) is 23.0. The number of urea groups is 1. The summed E-state index contributed by atoms with van der Waals surface area (Å²) < 4.78 is 0. The maximum Gasteiger partial charge on any atom is 0.324 e. The van der Waals surface area contributed by atoms with Crippen molar-refractivity contribution in [1.29, 1.82) is 0 Å². The molecule has 2 amide bonds. The second kappa shape index (κ2) is 5.68. The van der Waals surface area contributed by atoms with Crippen molar-refractivity contribution in [3.63, 3.8) is 0 Å². The monoisotopic (exact) mass is 343 g/mol. The number of amides is 2. The molecule has 0 N–H and O–H groups in total. The summed E-state index contributed by atoms with van der Waals surface area (Å²) in [5.74, 6) is -0.00560. The molecule has 0 saturated carbocycles. The van der Waals surface area contributed by atoms with Crippen molar-refractivity contribution in [2.24, 2.45) is 5.41 Å². The molecule has 7 heteroatoms. The molecule has 3 rings (SSSR count). The minimum Gasteiger partial charge on any atom is -0.316 e. The Bertz CT molecular complexity index is 812. The van der Waals surface area contributed by atoms with Gasteiger partial charge in [-0.1, -0.05) is 26.0 Å². The van der Waals surface area contributed by atoms with Gasteiger partial charge >= 0.3 is 6.03 Å². The maximum atomic E-state index is 12.9. The lowest BCUT2D eigenvalue weighted by molar-refractivity contribution is -0.384. The van der Waals surface area contributed by atoms with Gasteiger partial charge in [0.15, 0.2) is 5.78 Å². The topological polar surface area (TPSA) is 83.8 Å². The van der Waals surface area contributed by atoms with Crippen LogP contribution in [0.1, 0.15) is 38.3 Å². The van der Waals surface area contributed by atoms with Gasteiger partial charge in [0.05, 0.1) is 11.0 Å². The van der Waals surface area contributed by atoms with E-state index in [0.717, 1.165) is 5.70 Å². The number of nitro groups is 1. The molecular formula is C18H21N3O4. The lowest BCUT2D eigenvalue weighted by Crippen LogP contribution is -2.50. The van der Waals surface area contributed by atoms with Crippen LogP contribution in [0.4, 0.5) is 10.5 Å². The van der Waals surface area contributed by atoms with Gasteiger partial charge in [-0.25, -0.2) is 4.79 Å². The van der Waals surface area contributed by atoms with E-state index >= 15 is 0 Å². The van der Waals surface area contributed by atoms with Crippen molar-refractivity contribution >= 4 is 17.5 Å². The number of carbonyl (C=O) groups is 2. The summed E-state index contributed by atoms with van der Waals surface area (Å²) in [6, 6.07) is 5.34. The van der Waals surface area contributed by atoms with E-state index in [-0.39, 0.29) is 22.9 Å². The predicted molar refractivity (Wildman–Crippen MR) is 91.8 cm³/mol. The van der Waals surface area contributed by atoms with Gasteiger partial charge in [-0.2, -0.15) is 0 Å². The van der Waals surface area contributed by atoms with Crippen LogP contribution < -0.4 is 0 Å². The summed E-state index contributed by atoms with van der Waals surface area (Å²) in [7, 11) is 3.30. The van der Waals surface area contributed by atoms with Gasteiger partial charge < -0.3 is 9.80 Å². The number of hydrogen-bond acceptors (Lipinski definition) is 4. The molecule has 1 heterocycles. The number of benzene rings is 1. The Morgan fingerprint density at radius 2 is 1.88 bits per heavy atom. The Morgan fingerprint density at radius 1 is 1.20 bits per heavy atom. The molecule has 1 aromatic carbocycles. The van der Waals surface area contributed by atoms with Gasteiger partial charge in [0, 0.05) is 43.9 Å². The fraction of sp³-hybridized carbons (Fsp3) is 0.444. The van der Waals surface area contributed by atoms with E-state index in [0.29, 0.717) is 24.0 Å². The van der Waals surface area contributed by atoms with Crippen LogP contribution >= 0.6 is 0 Å². The Morgan fingerprint density at radius 3 is 2.52 bits per heavy atom. The lowest BCUT2D eigenvalue weighted by atomic mass is 9.72. The quantitative estimate of drug-likeness (QED) is 0.609. The minimum absolute atomic E-state index is 0.00560. The second-order valence-corrected chi connectivity index (χ2v) is 7.51. The van der Waals surface area contributed by atoms with Crippen LogP contribution in [0.3, 0.4) is 0 Å². The number of nitro benzene ring substituents is 1. The lowest BCUT2D eigenvalue weighted by Gasteiger charge is -2.45. The van der Waals surface area contributed by atoms with Crippen LogP contribution in [0.5, 0.6) is 0 Å². The van der Waals surface area contributed by atoms with Crippen molar-refractivity contribution in [3.05, 3.63) is 51.2 Å². The van der Waals surface area contributed by atoms with Crippen LogP contribution in [0.2, 0.25) is 0 Å². The van der Waals surface area contributed by atoms with Crippen molar-refractivity contribution in [2.45, 2.75) is 32.7 Å². The fourth-order valence-electron chi connectivity index (χ4n) is 3.77. The van der Waals surface area contributed by atoms with E-state index < -0.39 is 11.0 Å². The van der Waals surface area contributed by atoms with Crippen molar-refractivity contribution in [3.8, 4) is 0 Å². The van der Waals surface area contributed by atoms with E-state index in [4.69, 9.17) is 0 Å². The average Bonchev–Trinajstić information content (AvgIpc) is 2.53. The van der Waals surface area contributed by atoms with Crippen LogP contribution in [-0.4, -0.2) is 40.6 Å². The molecule has 0 spiro atoms. The molecule has 0 bridgehead atoms. The molecule has 1 aliphatic heterocycles. The second-order valence-electron chi connectivity index (χ2n) is 7.51. The molecule has 0 saturated heterocycles. The Balaban J connectivity index is 2.19. The molecule has 0 aromatic heterocycles. The molecule has 0 radical (unpaired) electrons. The average molecular weight is 343 g/mol. The molecule has 25 heavy (non-hydrogen) atoms. The summed E-state index contributed by atoms with van der Waals surface area (Å²) >= 11 is 0. The summed E-state index contributed by atoms with van der Waals surface area (Å²) in [6.45, 7) is 4.02. The first kappa shape index (κ1) is 17.1. The van der Waals surface area contributed by atoms with E-state index in [2.05, 4.69) is 0 Å². The Labute approximate surface area is 146 Å². The highest BCUT2D eigenvalue weighted by Crippen LogP contribution is 2.46. The summed E-state index contributed by atoms with van der Waals surface area (Å²) in [4.78, 5) is 39.2. The van der Waals surface area contributed by atoms with Crippen molar-refractivity contribution < 1.29 is 14.5 Å². The van der Waals surface area contributed by atoms with E-state index in [9.17, 15) is 19.7 Å². The van der Waals surface area contributed by atoms with Crippen LogP contribution in [0.15, 0.2) is 35.5 Å². The number of ketones is 1. The van der Waals surface area contributed by atoms with Crippen LogP contribution in [0.25, 0.3) is 0 Å². The Hall–Kier alpha value is -2.70. The molecule has 1 aliphatic carbocycles. The van der Waals surface area contributed by atoms with Crippen LogP contribution in [-0.2, 0) is 4.79 Å². The minimum atomic E-state index is -0.595. The van der Waals surface area contributed by atoms with Crippen LogP contribution in [0, 0.1) is 15.5 Å². The van der Waals surface area contributed by atoms with Gasteiger partial charge in [-0.15, -0.1) is 0 Å². The van der Waals surface area contributed by atoms with Gasteiger partial charge in [0.25, 0.3) is 5.69 Å². The number of carbonyl (C=O) groups excluding carboxylic acids is 2. The summed E-state index contributed by atoms with van der Waals surface area (Å²) in [5.41, 5.74) is 1.61. The number of hydrogen-bond donors (Lipinski definition) is 0. The largest absolute Gasteiger partial charge is 0.324 e. The number of Topliss-reactive ketones (excluding diaryl/α,β-unsaturated/α-hetero) is 1. The summed E-state index contributed by atoms with van der Waals surface area (Å²) in [5, 5.41) is 11.1. The molecule has 7 nitrogen and oxygen atoms in total. The van der Waals surface area contributed by atoms with Gasteiger partial charge in [0.1, 0.15) is 0 Å². The summed E-state index contributed by atoms with van der Waals surface area (Å²) in [6.07, 6.45) is 1.02. The highest BCUT2D eigenvalue weighted by molar-refractivity contribution is 6.01. The van der Waals surface area contributed by atoms with E-state index in [1.165, 1.54) is 21.9 Å². The third-order valence-electron chi connectivity index (χ3n) is 4.95. The van der Waals surface area contributed by atoms with Crippen molar-refractivity contribution in [2.75, 3.05) is 14.1 Å². The first-order chi connectivity index (χ1) is 11.6. The molecule has 0 fully saturated rings. The zero-order chi connectivity index (χ0) is 18.5. The number of nitrogens with zero attached hydrogens (tertiary/aromatic N) is 3. The first-order valence-corrected chi connectivity index (χ1v) is 8.13. The highest BCUT2D eigenvalue weighted by Gasteiger charge is 2.45. The molecule has 1 aromatic rings. The van der Waals surface area contributed by atoms with Gasteiger partial charge in [0.2, 0.25) is 0 Å². The third-order valence-corrected chi connectivity index (χ3v) is 4.95. The van der Waals surface area contributed by atoms with E-state index in [1.807, 2.05) is 13.8 Å². The fourth-order valence-corrected chi connectivity index (χ4v) is 3.77. The molecule has 2 aliphatic rings. The van der Waals surface area contributed by atoms with Gasteiger partial charge in [-0.05, 0) is 17.4 Å². The van der Waals surface area contributed by atoms with Gasteiger partial charge in [-0.3, -0.25) is 14.9 Å². The predicted octanol–water partition coefficient (Wildman–Crippen LogP) is 3.28. The molecule has 0 unspecified atom stereocenters. The SMILES string of the molecule is CN1C(=O)N(C)[C@@H](c2cccc([N+](=O)[O-])c2)C2=C1CC(C)(C)CC2=O. The molecule has 1 atom stereocenters.